The fourth-order valence-corrected chi connectivity index (χ4v) is 2.59. The van der Waals surface area contributed by atoms with Crippen LogP contribution in [0.15, 0.2) is 0 Å². The second kappa shape index (κ2) is 8.04. The zero-order valence-electron chi connectivity index (χ0n) is 10.9. The van der Waals surface area contributed by atoms with Crippen LogP contribution in [-0.4, -0.2) is 48.3 Å². The maximum Gasteiger partial charge on any atom is 0.0791 e. The van der Waals surface area contributed by atoms with Crippen LogP contribution in [0.1, 0.15) is 46.0 Å². The first-order valence-corrected chi connectivity index (χ1v) is 6.90. The summed E-state index contributed by atoms with van der Waals surface area (Å²) in [6.07, 6.45) is 6.32. The van der Waals surface area contributed by atoms with Gasteiger partial charge in [-0.15, -0.1) is 0 Å². The van der Waals surface area contributed by atoms with Crippen LogP contribution >= 0.6 is 0 Å². The molecule has 3 nitrogen and oxygen atoms in total. The molecule has 1 fully saturated rings. The largest absolute Gasteiger partial charge is 0.390 e. The van der Waals surface area contributed by atoms with E-state index in [0.717, 1.165) is 19.6 Å². The summed E-state index contributed by atoms with van der Waals surface area (Å²) >= 11 is 0. The second-order valence-corrected chi connectivity index (χ2v) is 4.87. The van der Waals surface area contributed by atoms with Gasteiger partial charge in [0.15, 0.2) is 0 Å². The average molecular weight is 228 g/mol. The number of nitrogens with one attached hydrogen (secondary N) is 1. The number of rotatable bonds is 6. The summed E-state index contributed by atoms with van der Waals surface area (Å²) in [4.78, 5) is 2.50. The fourth-order valence-electron chi connectivity index (χ4n) is 2.59. The molecule has 0 spiro atoms. The van der Waals surface area contributed by atoms with Gasteiger partial charge in [0.25, 0.3) is 0 Å². The number of nitrogens with zero attached hydrogens (tertiary/aromatic N) is 1. The smallest absolute Gasteiger partial charge is 0.0791 e. The van der Waals surface area contributed by atoms with Crippen LogP contribution in [0.3, 0.4) is 0 Å². The van der Waals surface area contributed by atoms with Gasteiger partial charge < -0.3 is 10.4 Å². The molecule has 1 saturated heterocycles. The van der Waals surface area contributed by atoms with Crippen molar-refractivity contribution in [3.8, 4) is 0 Å². The van der Waals surface area contributed by atoms with Crippen molar-refractivity contribution in [1.82, 2.24) is 10.2 Å². The van der Waals surface area contributed by atoms with Crippen LogP contribution < -0.4 is 5.32 Å². The van der Waals surface area contributed by atoms with Gasteiger partial charge in [0.1, 0.15) is 0 Å². The molecule has 0 saturated carbocycles. The quantitative estimate of drug-likeness (QED) is 0.725. The Morgan fingerprint density at radius 3 is 2.81 bits per heavy atom. The number of aliphatic hydroxyl groups excluding tert-OH is 1. The molecule has 2 atom stereocenters. The molecule has 0 amide bonds. The van der Waals surface area contributed by atoms with E-state index in [4.69, 9.17) is 0 Å². The Morgan fingerprint density at radius 2 is 2.12 bits per heavy atom. The number of hydrogen-bond donors (Lipinski definition) is 2. The highest BCUT2D eigenvalue weighted by Crippen LogP contribution is 2.19. The third-order valence-corrected chi connectivity index (χ3v) is 3.55. The number of hydrogen-bond acceptors (Lipinski definition) is 3. The minimum Gasteiger partial charge on any atom is -0.390 e. The molecule has 0 aromatic rings. The Hall–Kier alpha value is -0.120. The molecular formula is C13H28N2O. The van der Waals surface area contributed by atoms with Gasteiger partial charge in [-0.2, -0.15) is 0 Å². The molecule has 1 aliphatic heterocycles. The van der Waals surface area contributed by atoms with E-state index >= 15 is 0 Å². The second-order valence-electron chi connectivity index (χ2n) is 4.87. The predicted molar refractivity (Wildman–Crippen MR) is 68.7 cm³/mol. The van der Waals surface area contributed by atoms with Gasteiger partial charge in [-0.25, -0.2) is 0 Å². The molecule has 0 aliphatic carbocycles. The Labute approximate surface area is 100 Å². The number of likely N-dealkylation sites (tertiary alicyclic amines) is 1. The van der Waals surface area contributed by atoms with Gasteiger partial charge in [0.05, 0.1) is 6.10 Å². The van der Waals surface area contributed by atoms with Crippen molar-refractivity contribution in [2.24, 2.45) is 0 Å². The Morgan fingerprint density at radius 1 is 1.31 bits per heavy atom. The van der Waals surface area contributed by atoms with Crippen LogP contribution in [0.4, 0.5) is 0 Å². The minimum atomic E-state index is -0.216. The first kappa shape index (κ1) is 13.9. The average Bonchev–Trinajstić information content (AvgIpc) is 2.51. The van der Waals surface area contributed by atoms with Crippen molar-refractivity contribution >= 4 is 0 Å². The SMILES string of the molecule is CCNCC(O)CN1CCCCCC1CC. The summed E-state index contributed by atoms with van der Waals surface area (Å²) in [5, 5.41) is 13.1. The fraction of sp³-hybridized carbons (Fsp3) is 1.00. The molecule has 2 N–H and O–H groups in total. The van der Waals surface area contributed by atoms with Gasteiger partial charge >= 0.3 is 0 Å². The molecule has 0 radical (unpaired) electrons. The summed E-state index contributed by atoms with van der Waals surface area (Å²) in [5.41, 5.74) is 0. The molecule has 0 bridgehead atoms. The zero-order valence-corrected chi connectivity index (χ0v) is 10.9. The van der Waals surface area contributed by atoms with Gasteiger partial charge in [0, 0.05) is 19.1 Å². The summed E-state index contributed by atoms with van der Waals surface area (Å²) in [6.45, 7) is 8.01. The van der Waals surface area contributed by atoms with E-state index in [9.17, 15) is 5.11 Å². The Kier molecular flexibility index (Phi) is 7.01. The van der Waals surface area contributed by atoms with Crippen LogP contribution in [-0.2, 0) is 0 Å². The highest BCUT2D eigenvalue weighted by atomic mass is 16.3. The number of likely N-dealkylation sites (N-methyl/N-ethyl adjacent to an activating group) is 1. The van der Waals surface area contributed by atoms with Crippen LogP contribution in [0.5, 0.6) is 0 Å². The normalized spacial score (nSPS) is 25.3. The Balaban J connectivity index is 2.35. The molecule has 0 aromatic heterocycles. The van der Waals surface area contributed by atoms with Gasteiger partial charge in [-0.05, 0) is 32.4 Å². The number of aliphatic hydroxyl groups is 1. The lowest BCUT2D eigenvalue weighted by Crippen LogP contribution is -2.43. The molecule has 1 aliphatic rings. The topological polar surface area (TPSA) is 35.5 Å². The molecule has 96 valence electrons. The highest BCUT2D eigenvalue weighted by molar-refractivity contribution is 4.77. The Bertz CT molecular complexity index is 175. The maximum absolute atomic E-state index is 9.93. The van der Waals surface area contributed by atoms with E-state index in [2.05, 4.69) is 24.1 Å². The van der Waals surface area contributed by atoms with E-state index in [-0.39, 0.29) is 6.10 Å². The van der Waals surface area contributed by atoms with Gasteiger partial charge in [-0.3, -0.25) is 4.90 Å². The van der Waals surface area contributed by atoms with Crippen molar-refractivity contribution in [2.75, 3.05) is 26.2 Å². The zero-order chi connectivity index (χ0) is 11.8. The molecule has 2 unspecified atom stereocenters. The van der Waals surface area contributed by atoms with Crippen molar-refractivity contribution in [1.29, 1.82) is 0 Å². The van der Waals surface area contributed by atoms with Crippen molar-refractivity contribution in [3.63, 3.8) is 0 Å². The van der Waals surface area contributed by atoms with E-state index < -0.39 is 0 Å². The van der Waals surface area contributed by atoms with Crippen molar-refractivity contribution < 1.29 is 5.11 Å². The molecule has 1 rings (SSSR count). The van der Waals surface area contributed by atoms with Crippen LogP contribution in [0.25, 0.3) is 0 Å². The lowest BCUT2D eigenvalue weighted by Gasteiger charge is -2.31. The van der Waals surface area contributed by atoms with E-state index in [1.54, 1.807) is 0 Å². The molecule has 0 aromatic carbocycles. The summed E-state index contributed by atoms with van der Waals surface area (Å²) in [6, 6.07) is 0.693. The third kappa shape index (κ3) is 4.81. The third-order valence-electron chi connectivity index (χ3n) is 3.55. The predicted octanol–water partition coefficient (Wildman–Crippen LogP) is 1.61. The van der Waals surface area contributed by atoms with Gasteiger partial charge in [-0.1, -0.05) is 26.7 Å². The molecule has 1 heterocycles. The van der Waals surface area contributed by atoms with E-state index in [1.807, 2.05) is 0 Å². The maximum atomic E-state index is 9.93. The summed E-state index contributed by atoms with van der Waals surface area (Å²) in [5.74, 6) is 0. The van der Waals surface area contributed by atoms with Crippen LogP contribution in [0, 0.1) is 0 Å². The van der Waals surface area contributed by atoms with E-state index in [1.165, 1.54) is 38.6 Å². The summed E-state index contributed by atoms with van der Waals surface area (Å²) in [7, 11) is 0. The lowest BCUT2D eigenvalue weighted by atomic mass is 10.1. The first-order chi connectivity index (χ1) is 7.77. The standard InChI is InChI=1S/C13H28N2O/c1-3-12-8-6-5-7-9-15(12)11-13(16)10-14-4-2/h12-14,16H,3-11H2,1-2H3. The van der Waals surface area contributed by atoms with Crippen LogP contribution in [0.2, 0.25) is 0 Å². The van der Waals surface area contributed by atoms with Crippen molar-refractivity contribution in [3.05, 3.63) is 0 Å². The molecule has 16 heavy (non-hydrogen) atoms. The lowest BCUT2D eigenvalue weighted by molar-refractivity contribution is 0.0863. The highest BCUT2D eigenvalue weighted by Gasteiger charge is 2.21. The van der Waals surface area contributed by atoms with Crippen molar-refractivity contribution in [2.45, 2.75) is 58.1 Å². The number of β-amino-alcohol motifs (C(OH)–C–C–N with tert-alkyl or cyclic N) is 1. The summed E-state index contributed by atoms with van der Waals surface area (Å²) < 4.78 is 0. The molecule has 3 heteroatoms. The monoisotopic (exact) mass is 228 g/mol. The van der Waals surface area contributed by atoms with Gasteiger partial charge in [0.2, 0.25) is 0 Å². The van der Waals surface area contributed by atoms with E-state index in [0.29, 0.717) is 6.04 Å². The first-order valence-electron chi connectivity index (χ1n) is 6.90. The minimum absolute atomic E-state index is 0.216. The molecular weight excluding hydrogens is 200 g/mol.